The number of hydrogen-bond donors (Lipinski definition) is 3. The fourth-order valence-electron chi connectivity index (χ4n) is 4.69. The van der Waals surface area contributed by atoms with Crippen LogP contribution in [0.5, 0.6) is 17.2 Å². The summed E-state index contributed by atoms with van der Waals surface area (Å²) in [6.45, 7) is 9.60. The van der Waals surface area contributed by atoms with Crippen molar-refractivity contribution >= 4 is 53.8 Å². The van der Waals surface area contributed by atoms with Crippen molar-refractivity contribution in [3.05, 3.63) is 86.4 Å². The van der Waals surface area contributed by atoms with Gasteiger partial charge in [-0.25, -0.2) is 0 Å². The van der Waals surface area contributed by atoms with Crippen LogP contribution in [0.2, 0.25) is 5.02 Å². The van der Waals surface area contributed by atoms with E-state index in [1.54, 1.807) is 18.9 Å². The average molecular weight is 827 g/mol. The minimum atomic E-state index is -4.52. The quantitative estimate of drug-likeness (QED) is 0.0578. The van der Waals surface area contributed by atoms with Crippen LogP contribution in [0.3, 0.4) is 0 Å². The third-order valence-electron chi connectivity index (χ3n) is 7.26. The Bertz CT molecular complexity index is 1760. The van der Waals surface area contributed by atoms with E-state index in [2.05, 4.69) is 13.0 Å². The molecule has 4 N–H and O–H groups in total. The third-order valence-corrected chi connectivity index (χ3v) is 8.87. The van der Waals surface area contributed by atoms with Crippen molar-refractivity contribution in [2.75, 3.05) is 43.9 Å². The maximum Gasteiger partial charge on any atom is 0.416 e. The van der Waals surface area contributed by atoms with Gasteiger partial charge < -0.3 is 34.8 Å². The average Bonchev–Trinajstić information content (AvgIpc) is 3.08. The lowest BCUT2D eigenvalue weighted by atomic mass is 10.0. The highest BCUT2D eigenvalue weighted by molar-refractivity contribution is 7.57. The molecule has 19 heteroatoms. The zero-order valence-corrected chi connectivity index (χ0v) is 33.0. The number of carboxylic acids is 1. The van der Waals surface area contributed by atoms with Gasteiger partial charge in [0.2, 0.25) is 11.7 Å². The number of nitro benzene ring substituents is 1. The highest BCUT2D eigenvalue weighted by atomic mass is 35.5. The summed E-state index contributed by atoms with van der Waals surface area (Å²) in [7, 11) is -1.47. The number of methoxy groups -OCH3 is 1. The zero-order chi connectivity index (χ0) is 41.4. The largest absolute Gasteiger partial charge is 0.487 e. The summed E-state index contributed by atoms with van der Waals surface area (Å²) in [6.07, 6.45) is -3.64. The number of benzene rings is 3. The molecular formula is C35H45Cl2F3N3O10P. The molecule has 300 valence electrons. The molecule has 3 aromatic carbocycles. The number of ether oxygens (including phenoxy) is 3. The molecule has 0 radical (unpaired) electrons. The van der Waals surface area contributed by atoms with Crippen molar-refractivity contribution in [1.29, 1.82) is 0 Å². The second-order valence-electron chi connectivity index (χ2n) is 11.7. The van der Waals surface area contributed by atoms with E-state index in [-0.39, 0.29) is 65.0 Å². The van der Waals surface area contributed by atoms with Gasteiger partial charge in [0, 0.05) is 32.1 Å². The Morgan fingerprint density at radius 1 is 1.11 bits per heavy atom. The van der Waals surface area contributed by atoms with Crippen LogP contribution in [0.25, 0.3) is 0 Å². The first kappa shape index (κ1) is 48.1. The monoisotopic (exact) mass is 825 g/mol. The lowest BCUT2D eigenvalue weighted by Crippen LogP contribution is -2.43. The summed E-state index contributed by atoms with van der Waals surface area (Å²) in [5.41, 5.74) is 7.15. The number of nitrogens with zero attached hydrogens (tertiary/aromatic N) is 2. The maximum atomic E-state index is 12.6. The van der Waals surface area contributed by atoms with E-state index in [9.17, 15) is 37.4 Å². The number of carbonyl (C=O) groups excluding carboxylic acids is 1. The molecule has 3 rings (SSSR count). The lowest BCUT2D eigenvalue weighted by Gasteiger charge is -2.31. The van der Waals surface area contributed by atoms with Crippen molar-refractivity contribution in [3.63, 3.8) is 0 Å². The number of halogens is 5. The molecular weight excluding hydrogens is 781 g/mol. The molecule has 54 heavy (non-hydrogen) atoms. The summed E-state index contributed by atoms with van der Waals surface area (Å²) in [5, 5.41) is 19.0. The molecule has 1 amide bonds. The molecule has 3 unspecified atom stereocenters. The number of nitro groups is 1. The van der Waals surface area contributed by atoms with E-state index in [0.717, 1.165) is 41.4 Å². The molecule has 0 spiro atoms. The molecule has 0 fully saturated rings. The number of para-hydroxylation sites is 1. The van der Waals surface area contributed by atoms with Gasteiger partial charge in [0.05, 0.1) is 40.5 Å². The van der Waals surface area contributed by atoms with Crippen molar-refractivity contribution < 1.29 is 56.5 Å². The van der Waals surface area contributed by atoms with Crippen molar-refractivity contribution in [1.82, 2.24) is 0 Å². The van der Waals surface area contributed by atoms with E-state index in [4.69, 9.17) is 53.1 Å². The van der Waals surface area contributed by atoms with Gasteiger partial charge in [0.25, 0.3) is 0 Å². The molecule has 0 heterocycles. The molecule has 3 aromatic rings. The van der Waals surface area contributed by atoms with Crippen molar-refractivity contribution in [2.24, 2.45) is 5.73 Å². The number of aliphatic carboxylic acids is 1. The normalized spacial score (nSPS) is 13.1. The van der Waals surface area contributed by atoms with Gasteiger partial charge in [-0.3, -0.25) is 24.3 Å². The smallest absolute Gasteiger partial charge is 0.416 e. The number of alkyl halides is 4. The molecule has 0 aliphatic carbocycles. The zero-order valence-electron chi connectivity index (χ0n) is 30.6. The fraction of sp³-hybridized carbons (Fsp3) is 0.429. The Morgan fingerprint density at radius 3 is 2.24 bits per heavy atom. The first-order valence-electron chi connectivity index (χ1n) is 16.3. The predicted molar refractivity (Wildman–Crippen MR) is 202 cm³/mol. The molecule has 0 bridgehead atoms. The van der Waals surface area contributed by atoms with Crippen LogP contribution >= 0.6 is 30.6 Å². The van der Waals surface area contributed by atoms with E-state index < -0.39 is 36.0 Å². The van der Waals surface area contributed by atoms with Crippen LogP contribution in [-0.4, -0.2) is 77.9 Å². The lowest BCUT2D eigenvalue weighted by molar-refractivity contribution is -0.385. The van der Waals surface area contributed by atoms with Gasteiger partial charge in [-0.2, -0.15) is 13.2 Å². The Hall–Kier alpha value is -3.92. The van der Waals surface area contributed by atoms with Gasteiger partial charge in [0.1, 0.15) is 23.4 Å². The van der Waals surface area contributed by atoms with Gasteiger partial charge in [0.15, 0.2) is 7.37 Å². The minimum absolute atomic E-state index is 0.0111. The molecule has 0 aliphatic rings. The van der Waals surface area contributed by atoms with E-state index in [0.29, 0.717) is 6.61 Å². The molecule has 3 atom stereocenters. The van der Waals surface area contributed by atoms with E-state index in [1.165, 1.54) is 24.9 Å². The molecule has 13 nitrogen and oxygen atoms in total. The Kier molecular flexibility index (Phi) is 20.0. The summed E-state index contributed by atoms with van der Waals surface area (Å²) in [4.78, 5) is 43.1. The maximum absolute atomic E-state index is 12.6. The number of carbonyl (C=O) groups is 2. The number of amides is 1. The van der Waals surface area contributed by atoms with Crippen LogP contribution in [0.4, 0.5) is 24.5 Å². The SMILES string of the molecule is CCOc1cc(Oc2ccc(C(F)(F)F)cc2Cl)ccc1[N+](=O)[O-].CCc1cccc(C)c1N(C(=O)CCl)C(C)COC.CP(=O)(O)CCC(N)C(=O)O. The summed E-state index contributed by atoms with van der Waals surface area (Å²) >= 11 is 11.6. The number of hydrogen-bond acceptors (Lipinski definition) is 9. The van der Waals surface area contributed by atoms with Crippen LogP contribution < -0.4 is 20.1 Å². The van der Waals surface area contributed by atoms with Gasteiger partial charge in [-0.1, -0.05) is 36.7 Å². The third kappa shape index (κ3) is 15.8. The molecule has 0 saturated heterocycles. The summed E-state index contributed by atoms with van der Waals surface area (Å²) in [5.74, 6) is -1.13. The topological polar surface area (TPSA) is 192 Å². The Balaban J connectivity index is 0.000000434. The number of aryl methyl sites for hydroxylation is 2. The predicted octanol–water partition coefficient (Wildman–Crippen LogP) is 8.31. The summed E-state index contributed by atoms with van der Waals surface area (Å²) < 4.78 is 64.2. The Morgan fingerprint density at radius 2 is 1.76 bits per heavy atom. The van der Waals surface area contributed by atoms with E-state index in [1.807, 2.05) is 26.0 Å². The number of anilines is 1. The van der Waals surface area contributed by atoms with Crippen LogP contribution in [0.1, 0.15) is 43.9 Å². The highest BCUT2D eigenvalue weighted by Gasteiger charge is 2.31. The molecule has 0 saturated carbocycles. The van der Waals surface area contributed by atoms with Crippen LogP contribution in [0, 0.1) is 17.0 Å². The molecule has 0 aliphatic heterocycles. The van der Waals surface area contributed by atoms with Crippen LogP contribution in [0.15, 0.2) is 54.6 Å². The van der Waals surface area contributed by atoms with Gasteiger partial charge in [-0.15, -0.1) is 11.6 Å². The van der Waals surface area contributed by atoms with Gasteiger partial charge >= 0.3 is 17.8 Å². The van der Waals surface area contributed by atoms with E-state index >= 15 is 0 Å². The first-order valence-corrected chi connectivity index (χ1v) is 19.5. The molecule has 0 aromatic heterocycles. The second-order valence-corrected chi connectivity index (χ2v) is 14.9. The Labute approximate surface area is 321 Å². The highest BCUT2D eigenvalue weighted by Crippen LogP contribution is 2.39. The summed E-state index contributed by atoms with van der Waals surface area (Å²) in [6, 6.07) is 11.4. The standard InChI is InChI=1S/C15H11ClF3NO4.C15H22ClNO2.C5H12NO4P/c1-2-23-14-8-10(4-5-12(14)20(21)22)24-13-6-3-9(7-11(13)16)15(17,18)19;1-5-13-8-6-7-11(2)15(13)17(14(18)9-16)12(3)10-19-4;1-11(9,10)3-2-4(6)5(7)8/h3-8H,2H2,1H3;6-8,12H,5,9-10H2,1-4H3;4H,2-3,6H2,1H3,(H,7,8)(H,9,10). The van der Waals surface area contributed by atoms with Gasteiger partial charge in [-0.05, 0) is 69.0 Å². The van der Waals surface area contributed by atoms with Crippen molar-refractivity contribution in [2.45, 2.75) is 58.8 Å². The minimum Gasteiger partial charge on any atom is -0.487 e. The second kappa shape index (κ2) is 22.5. The van der Waals surface area contributed by atoms with Crippen LogP contribution in [-0.2, 0) is 31.5 Å². The number of rotatable bonds is 15. The van der Waals surface area contributed by atoms with Crippen molar-refractivity contribution in [3.8, 4) is 17.2 Å². The number of nitrogens with two attached hydrogens (primary N) is 1. The number of carboxylic acid groups (broad SMARTS) is 1. The fourth-order valence-corrected chi connectivity index (χ4v) is 5.79. The first-order chi connectivity index (χ1) is 25.1.